The molecule has 14 heavy (non-hydrogen) atoms. The van der Waals surface area contributed by atoms with E-state index in [0.717, 1.165) is 12.3 Å². The van der Waals surface area contributed by atoms with Gasteiger partial charge in [-0.3, -0.25) is 5.32 Å². The molecule has 0 saturated heterocycles. The second kappa shape index (κ2) is 4.79. The Morgan fingerprint density at radius 3 is 2.43 bits per heavy atom. The minimum atomic E-state index is 0.130. The van der Waals surface area contributed by atoms with Crippen molar-refractivity contribution >= 4 is 0 Å². The van der Waals surface area contributed by atoms with Crippen LogP contribution in [-0.4, -0.2) is 12.1 Å². The quantitative estimate of drug-likeness (QED) is 0.743. The minimum Gasteiger partial charge on any atom is -0.299 e. The molecule has 1 unspecified atom stereocenters. The molecule has 2 saturated carbocycles. The Hall–Kier alpha value is -0.550. The van der Waals surface area contributed by atoms with Gasteiger partial charge in [0.1, 0.15) is 0 Å². The van der Waals surface area contributed by atoms with Crippen LogP contribution in [0.5, 0.6) is 0 Å². The molecule has 0 bridgehead atoms. The van der Waals surface area contributed by atoms with E-state index in [4.69, 9.17) is 5.26 Å². The van der Waals surface area contributed by atoms with E-state index in [1.165, 1.54) is 44.9 Å². The highest BCUT2D eigenvalue weighted by Crippen LogP contribution is 2.28. The Morgan fingerprint density at radius 2 is 1.86 bits per heavy atom. The van der Waals surface area contributed by atoms with Crippen molar-refractivity contribution in [3.63, 3.8) is 0 Å². The number of rotatable bonds is 4. The zero-order valence-corrected chi connectivity index (χ0v) is 8.84. The molecule has 0 aromatic rings. The van der Waals surface area contributed by atoms with Crippen molar-refractivity contribution < 1.29 is 0 Å². The molecule has 0 heterocycles. The second-order valence-corrected chi connectivity index (χ2v) is 4.86. The van der Waals surface area contributed by atoms with Gasteiger partial charge in [-0.2, -0.15) is 5.26 Å². The first kappa shape index (κ1) is 9.98. The minimum absolute atomic E-state index is 0.130. The highest BCUT2D eigenvalue weighted by Gasteiger charge is 2.26. The molecule has 0 amide bonds. The van der Waals surface area contributed by atoms with E-state index < -0.39 is 0 Å². The van der Waals surface area contributed by atoms with Gasteiger partial charge in [0.05, 0.1) is 12.1 Å². The number of nitrogens with one attached hydrogen (secondary N) is 1. The topological polar surface area (TPSA) is 35.8 Å². The van der Waals surface area contributed by atoms with Crippen LogP contribution in [-0.2, 0) is 0 Å². The summed E-state index contributed by atoms with van der Waals surface area (Å²) < 4.78 is 0. The van der Waals surface area contributed by atoms with Gasteiger partial charge in [0.2, 0.25) is 0 Å². The number of nitrogens with zero attached hydrogens (tertiary/aromatic N) is 1. The Morgan fingerprint density at radius 1 is 1.14 bits per heavy atom. The Bertz CT molecular complexity index is 209. The second-order valence-electron chi connectivity index (χ2n) is 4.86. The van der Waals surface area contributed by atoms with E-state index in [1.54, 1.807) is 0 Å². The summed E-state index contributed by atoms with van der Waals surface area (Å²) in [6, 6.07) is 3.21. The van der Waals surface area contributed by atoms with Crippen LogP contribution in [0.1, 0.15) is 51.4 Å². The van der Waals surface area contributed by atoms with E-state index in [-0.39, 0.29) is 6.04 Å². The normalized spacial score (nSPS) is 25.6. The lowest BCUT2D eigenvalue weighted by molar-refractivity contribution is 0.316. The van der Waals surface area contributed by atoms with Crippen LogP contribution in [0.3, 0.4) is 0 Å². The number of hydrogen-bond donors (Lipinski definition) is 1. The van der Waals surface area contributed by atoms with Gasteiger partial charge in [0.15, 0.2) is 0 Å². The Balaban J connectivity index is 1.72. The maximum Gasteiger partial charge on any atom is 0.0957 e. The molecule has 2 rings (SSSR count). The van der Waals surface area contributed by atoms with Gasteiger partial charge in [0, 0.05) is 6.04 Å². The molecule has 0 spiro atoms. The average molecular weight is 192 g/mol. The highest BCUT2D eigenvalue weighted by molar-refractivity contribution is 4.96. The fraction of sp³-hybridized carbons (Fsp3) is 0.917. The number of nitriles is 1. The first-order valence-electron chi connectivity index (χ1n) is 6.04. The summed E-state index contributed by atoms with van der Waals surface area (Å²) in [6.07, 6.45) is 10.5. The van der Waals surface area contributed by atoms with E-state index in [1.807, 2.05) is 0 Å². The van der Waals surface area contributed by atoms with Crippen molar-refractivity contribution in [2.24, 2.45) is 5.92 Å². The van der Waals surface area contributed by atoms with Gasteiger partial charge in [0.25, 0.3) is 0 Å². The summed E-state index contributed by atoms with van der Waals surface area (Å²) in [5, 5.41) is 12.4. The summed E-state index contributed by atoms with van der Waals surface area (Å²) in [5.74, 6) is 0.819. The van der Waals surface area contributed by atoms with Crippen molar-refractivity contribution in [1.82, 2.24) is 5.32 Å². The summed E-state index contributed by atoms with van der Waals surface area (Å²) in [5.41, 5.74) is 0. The molecule has 1 N–H and O–H groups in total. The van der Waals surface area contributed by atoms with Crippen LogP contribution in [0.15, 0.2) is 0 Å². The third-order valence-corrected chi connectivity index (χ3v) is 3.46. The molecule has 0 aliphatic heterocycles. The van der Waals surface area contributed by atoms with Crippen LogP contribution >= 0.6 is 0 Å². The van der Waals surface area contributed by atoms with Gasteiger partial charge in [-0.15, -0.1) is 0 Å². The third-order valence-electron chi connectivity index (χ3n) is 3.46. The summed E-state index contributed by atoms with van der Waals surface area (Å²) >= 11 is 0. The van der Waals surface area contributed by atoms with Crippen molar-refractivity contribution in [2.75, 3.05) is 0 Å². The Kier molecular flexibility index (Phi) is 3.42. The predicted molar refractivity (Wildman–Crippen MR) is 56.8 cm³/mol. The zero-order chi connectivity index (χ0) is 9.80. The smallest absolute Gasteiger partial charge is 0.0957 e. The summed E-state index contributed by atoms with van der Waals surface area (Å²) in [6.45, 7) is 0. The average Bonchev–Trinajstić information content (AvgIpc) is 3.02. The fourth-order valence-electron chi connectivity index (χ4n) is 2.45. The van der Waals surface area contributed by atoms with Gasteiger partial charge in [-0.05, 0) is 25.2 Å². The monoisotopic (exact) mass is 192 g/mol. The van der Waals surface area contributed by atoms with E-state index in [2.05, 4.69) is 11.4 Å². The van der Waals surface area contributed by atoms with E-state index in [0.29, 0.717) is 6.04 Å². The van der Waals surface area contributed by atoms with Gasteiger partial charge < -0.3 is 0 Å². The molecular weight excluding hydrogens is 172 g/mol. The van der Waals surface area contributed by atoms with Crippen LogP contribution in [0.2, 0.25) is 0 Å². The SMILES string of the molecule is N#CC(CC1CCCCC1)NC1CC1. The third kappa shape index (κ3) is 2.99. The molecule has 78 valence electrons. The number of hydrogen-bond acceptors (Lipinski definition) is 2. The molecule has 0 aromatic carbocycles. The van der Waals surface area contributed by atoms with Crippen molar-refractivity contribution in [1.29, 1.82) is 5.26 Å². The highest BCUT2D eigenvalue weighted by atomic mass is 15.0. The fourth-order valence-corrected chi connectivity index (χ4v) is 2.45. The molecular formula is C12H20N2. The van der Waals surface area contributed by atoms with Gasteiger partial charge in [-0.1, -0.05) is 32.1 Å². The standard InChI is InChI=1S/C12H20N2/c13-9-12(14-11-6-7-11)8-10-4-2-1-3-5-10/h10-12,14H,1-8H2. The van der Waals surface area contributed by atoms with E-state index >= 15 is 0 Å². The summed E-state index contributed by atoms with van der Waals surface area (Å²) in [7, 11) is 0. The molecule has 0 aromatic heterocycles. The van der Waals surface area contributed by atoms with Crippen molar-refractivity contribution in [2.45, 2.75) is 63.5 Å². The molecule has 1 atom stereocenters. The maximum atomic E-state index is 9.02. The summed E-state index contributed by atoms with van der Waals surface area (Å²) in [4.78, 5) is 0. The molecule has 2 aliphatic carbocycles. The van der Waals surface area contributed by atoms with Crippen LogP contribution < -0.4 is 5.32 Å². The molecule has 2 aliphatic rings. The lowest BCUT2D eigenvalue weighted by Crippen LogP contribution is -2.32. The van der Waals surface area contributed by atoms with Crippen LogP contribution in [0, 0.1) is 17.2 Å². The van der Waals surface area contributed by atoms with Gasteiger partial charge >= 0.3 is 0 Å². The van der Waals surface area contributed by atoms with Crippen LogP contribution in [0.25, 0.3) is 0 Å². The van der Waals surface area contributed by atoms with Crippen molar-refractivity contribution in [3.05, 3.63) is 0 Å². The molecule has 2 nitrogen and oxygen atoms in total. The van der Waals surface area contributed by atoms with Crippen molar-refractivity contribution in [3.8, 4) is 6.07 Å². The van der Waals surface area contributed by atoms with Crippen LogP contribution in [0.4, 0.5) is 0 Å². The lowest BCUT2D eigenvalue weighted by Gasteiger charge is -2.23. The molecule has 2 fully saturated rings. The molecule has 0 radical (unpaired) electrons. The predicted octanol–water partition coefficient (Wildman–Crippen LogP) is 2.60. The van der Waals surface area contributed by atoms with E-state index in [9.17, 15) is 0 Å². The van der Waals surface area contributed by atoms with Gasteiger partial charge in [-0.25, -0.2) is 0 Å². The Labute approximate surface area is 86.7 Å². The maximum absolute atomic E-state index is 9.02. The molecule has 2 heteroatoms. The largest absolute Gasteiger partial charge is 0.299 e. The lowest BCUT2D eigenvalue weighted by atomic mass is 9.85. The zero-order valence-electron chi connectivity index (χ0n) is 8.84. The first-order valence-corrected chi connectivity index (χ1v) is 6.04. The first-order chi connectivity index (χ1) is 6.88.